The van der Waals surface area contributed by atoms with Gasteiger partial charge in [-0.3, -0.25) is 0 Å². The molecule has 1 saturated heterocycles. The van der Waals surface area contributed by atoms with Crippen LogP contribution in [0.5, 0.6) is 0 Å². The van der Waals surface area contributed by atoms with Crippen molar-refractivity contribution in [3.8, 4) is 0 Å². The average Bonchev–Trinajstić information content (AvgIpc) is 2.84. The van der Waals surface area contributed by atoms with Crippen LogP contribution in [0, 0.1) is 0 Å². The minimum Gasteiger partial charge on any atom is -0.356 e. The Kier molecular flexibility index (Phi) is 4.34. The van der Waals surface area contributed by atoms with Crippen molar-refractivity contribution in [2.75, 3.05) is 29.9 Å². The van der Waals surface area contributed by atoms with Crippen molar-refractivity contribution in [2.45, 2.75) is 25.7 Å². The van der Waals surface area contributed by atoms with Crippen LogP contribution >= 0.6 is 0 Å². The topological polar surface area (TPSA) is 32.3 Å². The first-order valence-electron chi connectivity index (χ1n) is 7.71. The quantitative estimate of drug-likeness (QED) is 0.860. The SMILES string of the molecule is CN(c1ccccc1)c1nccc(N2CCCCCC2)n1. The highest BCUT2D eigenvalue weighted by Crippen LogP contribution is 2.23. The number of rotatable bonds is 3. The first kappa shape index (κ1) is 13.9. The molecule has 1 fully saturated rings. The van der Waals surface area contributed by atoms with Crippen LogP contribution in [0.15, 0.2) is 42.6 Å². The van der Waals surface area contributed by atoms with E-state index >= 15 is 0 Å². The second kappa shape index (κ2) is 6.57. The summed E-state index contributed by atoms with van der Waals surface area (Å²) in [7, 11) is 2.01. The molecule has 0 radical (unpaired) electrons. The molecular weight excluding hydrogens is 260 g/mol. The summed E-state index contributed by atoms with van der Waals surface area (Å²) in [5, 5.41) is 0. The Bertz CT molecular complexity index is 562. The van der Waals surface area contributed by atoms with Gasteiger partial charge in [-0.25, -0.2) is 4.98 Å². The van der Waals surface area contributed by atoms with Gasteiger partial charge in [-0.1, -0.05) is 31.0 Å². The Hall–Kier alpha value is -2.10. The largest absolute Gasteiger partial charge is 0.356 e. The van der Waals surface area contributed by atoms with E-state index in [1.54, 1.807) is 0 Å². The van der Waals surface area contributed by atoms with E-state index in [1.165, 1.54) is 25.7 Å². The molecule has 4 heteroatoms. The zero-order valence-electron chi connectivity index (χ0n) is 12.6. The number of hydrogen-bond donors (Lipinski definition) is 0. The molecule has 21 heavy (non-hydrogen) atoms. The Morgan fingerprint density at radius 3 is 2.38 bits per heavy atom. The highest BCUT2D eigenvalue weighted by atomic mass is 15.3. The third-order valence-corrected chi connectivity index (χ3v) is 4.00. The lowest BCUT2D eigenvalue weighted by Crippen LogP contribution is -2.25. The summed E-state index contributed by atoms with van der Waals surface area (Å²) in [6, 6.07) is 12.2. The number of nitrogens with zero attached hydrogens (tertiary/aromatic N) is 4. The lowest BCUT2D eigenvalue weighted by Gasteiger charge is -2.23. The summed E-state index contributed by atoms with van der Waals surface area (Å²) >= 11 is 0. The van der Waals surface area contributed by atoms with E-state index < -0.39 is 0 Å². The van der Waals surface area contributed by atoms with E-state index in [0.717, 1.165) is 30.5 Å². The van der Waals surface area contributed by atoms with E-state index in [2.05, 4.69) is 22.0 Å². The minimum atomic E-state index is 0.753. The van der Waals surface area contributed by atoms with Crippen LogP contribution in [-0.2, 0) is 0 Å². The normalized spacial score (nSPS) is 15.6. The number of hydrogen-bond acceptors (Lipinski definition) is 4. The lowest BCUT2D eigenvalue weighted by atomic mass is 10.2. The van der Waals surface area contributed by atoms with Crippen LogP contribution in [0.3, 0.4) is 0 Å². The minimum absolute atomic E-state index is 0.753. The van der Waals surface area contributed by atoms with Gasteiger partial charge in [0.05, 0.1) is 0 Å². The van der Waals surface area contributed by atoms with Crippen molar-refractivity contribution < 1.29 is 0 Å². The fraction of sp³-hybridized carbons (Fsp3) is 0.412. The Balaban J connectivity index is 1.82. The molecule has 0 saturated carbocycles. The summed E-state index contributed by atoms with van der Waals surface area (Å²) in [6.07, 6.45) is 7.04. The van der Waals surface area contributed by atoms with E-state index in [4.69, 9.17) is 4.98 Å². The van der Waals surface area contributed by atoms with Crippen LogP contribution in [-0.4, -0.2) is 30.1 Å². The fourth-order valence-electron chi connectivity index (χ4n) is 2.74. The maximum atomic E-state index is 4.76. The maximum absolute atomic E-state index is 4.76. The van der Waals surface area contributed by atoms with Crippen LogP contribution in [0.2, 0.25) is 0 Å². The molecule has 3 rings (SSSR count). The highest BCUT2D eigenvalue weighted by Gasteiger charge is 2.13. The predicted octanol–water partition coefficient (Wildman–Crippen LogP) is 3.62. The molecular formula is C17H22N4. The molecule has 1 aromatic carbocycles. The van der Waals surface area contributed by atoms with Gasteiger partial charge < -0.3 is 9.80 Å². The molecule has 1 aliphatic heterocycles. The maximum Gasteiger partial charge on any atom is 0.231 e. The molecule has 1 aromatic heterocycles. The van der Waals surface area contributed by atoms with Gasteiger partial charge in [0.15, 0.2) is 0 Å². The second-order valence-corrected chi connectivity index (χ2v) is 5.51. The molecule has 110 valence electrons. The first-order chi connectivity index (χ1) is 10.3. The van der Waals surface area contributed by atoms with Crippen molar-refractivity contribution in [2.24, 2.45) is 0 Å². The van der Waals surface area contributed by atoms with E-state index in [1.807, 2.05) is 42.4 Å². The summed E-state index contributed by atoms with van der Waals surface area (Å²) < 4.78 is 0. The van der Waals surface area contributed by atoms with Gasteiger partial charge in [0.25, 0.3) is 0 Å². The molecule has 0 unspecified atom stereocenters. The lowest BCUT2D eigenvalue weighted by molar-refractivity contribution is 0.726. The molecule has 0 bridgehead atoms. The summed E-state index contributed by atoms with van der Waals surface area (Å²) in [5.41, 5.74) is 1.10. The number of para-hydroxylation sites is 1. The zero-order chi connectivity index (χ0) is 14.5. The van der Waals surface area contributed by atoms with Gasteiger partial charge in [0.2, 0.25) is 5.95 Å². The Labute approximate surface area is 126 Å². The van der Waals surface area contributed by atoms with Gasteiger partial charge in [-0.15, -0.1) is 0 Å². The molecule has 2 aromatic rings. The van der Waals surface area contributed by atoms with E-state index in [0.29, 0.717) is 0 Å². The van der Waals surface area contributed by atoms with Gasteiger partial charge in [-0.2, -0.15) is 4.98 Å². The summed E-state index contributed by atoms with van der Waals surface area (Å²) in [4.78, 5) is 13.6. The van der Waals surface area contributed by atoms with E-state index in [9.17, 15) is 0 Å². The van der Waals surface area contributed by atoms with Crippen LogP contribution < -0.4 is 9.80 Å². The molecule has 2 heterocycles. The van der Waals surface area contributed by atoms with Gasteiger partial charge in [0.1, 0.15) is 5.82 Å². The average molecular weight is 282 g/mol. The number of aromatic nitrogens is 2. The van der Waals surface area contributed by atoms with Crippen molar-refractivity contribution in [1.29, 1.82) is 0 Å². The molecule has 4 nitrogen and oxygen atoms in total. The fourth-order valence-corrected chi connectivity index (χ4v) is 2.74. The van der Waals surface area contributed by atoms with Crippen LogP contribution in [0.4, 0.5) is 17.5 Å². The standard InChI is InChI=1S/C17H22N4/c1-20(15-9-5-4-6-10-15)17-18-12-11-16(19-17)21-13-7-2-3-8-14-21/h4-6,9-12H,2-3,7-8,13-14H2,1H3. The van der Waals surface area contributed by atoms with Gasteiger partial charge in [0, 0.05) is 32.0 Å². The highest BCUT2D eigenvalue weighted by molar-refractivity contribution is 5.57. The number of anilines is 3. The van der Waals surface area contributed by atoms with Crippen molar-refractivity contribution in [1.82, 2.24) is 9.97 Å². The monoisotopic (exact) mass is 282 g/mol. The van der Waals surface area contributed by atoms with Crippen molar-refractivity contribution >= 4 is 17.5 Å². The molecule has 1 aliphatic rings. The first-order valence-corrected chi connectivity index (χ1v) is 7.71. The molecule has 0 amide bonds. The molecule has 0 N–H and O–H groups in total. The summed E-state index contributed by atoms with van der Waals surface area (Å²) in [5.74, 6) is 1.80. The second-order valence-electron chi connectivity index (χ2n) is 5.51. The predicted molar refractivity (Wildman–Crippen MR) is 87.2 cm³/mol. The van der Waals surface area contributed by atoms with Crippen molar-refractivity contribution in [3.63, 3.8) is 0 Å². The van der Waals surface area contributed by atoms with Crippen molar-refractivity contribution in [3.05, 3.63) is 42.6 Å². The van der Waals surface area contributed by atoms with E-state index in [-0.39, 0.29) is 0 Å². The Morgan fingerprint density at radius 2 is 1.67 bits per heavy atom. The van der Waals surface area contributed by atoms with Gasteiger partial charge >= 0.3 is 0 Å². The smallest absolute Gasteiger partial charge is 0.231 e. The van der Waals surface area contributed by atoms with Crippen LogP contribution in [0.1, 0.15) is 25.7 Å². The zero-order valence-corrected chi connectivity index (χ0v) is 12.6. The Morgan fingerprint density at radius 1 is 0.952 bits per heavy atom. The third kappa shape index (κ3) is 3.32. The molecule has 0 atom stereocenters. The molecule has 0 spiro atoms. The van der Waals surface area contributed by atoms with Crippen LogP contribution in [0.25, 0.3) is 0 Å². The third-order valence-electron chi connectivity index (χ3n) is 4.00. The summed E-state index contributed by atoms with van der Waals surface area (Å²) in [6.45, 7) is 2.21. The number of benzene rings is 1. The van der Waals surface area contributed by atoms with Gasteiger partial charge in [-0.05, 0) is 31.0 Å². The molecule has 0 aliphatic carbocycles.